The summed E-state index contributed by atoms with van der Waals surface area (Å²) in [5.74, 6) is 1.32. The lowest BCUT2D eigenvalue weighted by molar-refractivity contribution is 0.101. The van der Waals surface area contributed by atoms with Crippen LogP contribution in [-0.4, -0.2) is 5.78 Å². The molecule has 20 heavy (non-hydrogen) atoms. The molecule has 2 rings (SSSR count). The maximum absolute atomic E-state index is 11.6. The van der Waals surface area contributed by atoms with Gasteiger partial charge in [0, 0.05) is 4.47 Å². The Morgan fingerprint density at radius 2 is 1.85 bits per heavy atom. The molecule has 0 fully saturated rings. The van der Waals surface area contributed by atoms with Gasteiger partial charge in [0.25, 0.3) is 0 Å². The van der Waals surface area contributed by atoms with E-state index in [0.717, 1.165) is 23.1 Å². The molecule has 0 saturated carbocycles. The molecule has 0 radical (unpaired) electrons. The number of carbonyl (C=O) groups is 1. The van der Waals surface area contributed by atoms with Gasteiger partial charge in [-0.1, -0.05) is 41.4 Å². The van der Waals surface area contributed by atoms with Crippen LogP contribution in [0.4, 0.5) is 0 Å². The van der Waals surface area contributed by atoms with Gasteiger partial charge in [0.05, 0.1) is 5.56 Å². The van der Waals surface area contributed by atoms with Crippen LogP contribution in [0.25, 0.3) is 0 Å². The number of ketones is 1. The third kappa shape index (κ3) is 3.70. The van der Waals surface area contributed by atoms with Crippen LogP contribution in [0.3, 0.4) is 0 Å². The van der Waals surface area contributed by atoms with Gasteiger partial charge in [-0.2, -0.15) is 0 Å². The van der Waals surface area contributed by atoms with Crippen molar-refractivity contribution in [2.24, 2.45) is 0 Å². The fourth-order valence-electron chi connectivity index (χ4n) is 2.01. The summed E-state index contributed by atoms with van der Waals surface area (Å²) in [6.07, 6.45) is 2.19. The minimum absolute atomic E-state index is 0.00453. The Bertz CT molecular complexity index is 603. The third-order valence-electron chi connectivity index (χ3n) is 3.01. The number of hydrogen-bond acceptors (Lipinski definition) is 2. The Kier molecular flexibility index (Phi) is 4.96. The van der Waals surface area contributed by atoms with Crippen molar-refractivity contribution >= 4 is 21.7 Å². The summed E-state index contributed by atoms with van der Waals surface area (Å²) in [6.45, 7) is 3.70. The SMILES string of the molecule is CCCc1ccc(Oc2cc(Br)ccc2C(C)=O)cc1. The van der Waals surface area contributed by atoms with Crippen LogP contribution in [-0.2, 0) is 6.42 Å². The second-order valence-electron chi connectivity index (χ2n) is 4.69. The minimum atomic E-state index is -0.00453. The molecule has 0 atom stereocenters. The molecule has 0 bridgehead atoms. The van der Waals surface area contributed by atoms with Crippen LogP contribution in [0, 0.1) is 0 Å². The zero-order valence-electron chi connectivity index (χ0n) is 11.7. The predicted molar refractivity (Wildman–Crippen MR) is 84.7 cm³/mol. The number of aryl methyl sites for hydroxylation is 1. The first-order valence-corrected chi connectivity index (χ1v) is 7.46. The molecule has 0 N–H and O–H groups in total. The van der Waals surface area contributed by atoms with E-state index in [2.05, 4.69) is 35.0 Å². The Morgan fingerprint density at radius 1 is 1.15 bits per heavy atom. The molecule has 0 aliphatic rings. The summed E-state index contributed by atoms with van der Waals surface area (Å²) in [4.78, 5) is 11.6. The van der Waals surface area contributed by atoms with Crippen LogP contribution in [0.5, 0.6) is 11.5 Å². The largest absolute Gasteiger partial charge is 0.457 e. The van der Waals surface area contributed by atoms with Gasteiger partial charge in [0.2, 0.25) is 0 Å². The predicted octanol–water partition coefficient (Wildman–Crippen LogP) is 5.40. The average molecular weight is 333 g/mol. The van der Waals surface area contributed by atoms with Crippen LogP contribution < -0.4 is 4.74 Å². The monoisotopic (exact) mass is 332 g/mol. The Balaban J connectivity index is 2.25. The van der Waals surface area contributed by atoms with Crippen molar-refractivity contribution in [3.05, 3.63) is 58.1 Å². The van der Waals surface area contributed by atoms with Crippen molar-refractivity contribution in [3.63, 3.8) is 0 Å². The molecule has 2 aromatic rings. The lowest BCUT2D eigenvalue weighted by atomic mass is 10.1. The van der Waals surface area contributed by atoms with Crippen LogP contribution in [0.15, 0.2) is 46.9 Å². The molecule has 0 amide bonds. The van der Waals surface area contributed by atoms with Gasteiger partial charge >= 0.3 is 0 Å². The zero-order chi connectivity index (χ0) is 14.5. The molecule has 0 unspecified atom stereocenters. The molecule has 0 aliphatic heterocycles. The highest BCUT2D eigenvalue weighted by Crippen LogP contribution is 2.29. The lowest BCUT2D eigenvalue weighted by Crippen LogP contribution is -1.97. The first kappa shape index (κ1) is 14.8. The van der Waals surface area contributed by atoms with E-state index in [1.165, 1.54) is 5.56 Å². The summed E-state index contributed by atoms with van der Waals surface area (Å²) >= 11 is 3.40. The normalized spacial score (nSPS) is 10.3. The van der Waals surface area contributed by atoms with Crippen LogP contribution >= 0.6 is 15.9 Å². The third-order valence-corrected chi connectivity index (χ3v) is 3.51. The second kappa shape index (κ2) is 6.71. The number of carbonyl (C=O) groups excluding carboxylic acids is 1. The lowest BCUT2D eigenvalue weighted by Gasteiger charge is -2.10. The number of Topliss-reactive ketones (excluding diaryl/α,β-unsaturated/α-hetero) is 1. The van der Waals surface area contributed by atoms with E-state index in [0.29, 0.717) is 11.3 Å². The minimum Gasteiger partial charge on any atom is -0.457 e. The quantitative estimate of drug-likeness (QED) is 0.685. The van der Waals surface area contributed by atoms with E-state index < -0.39 is 0 Å². The molecular weight excluding hydrogens is 316 g/mol. The maximum atomic E-state index is 11.6. The summed E-state index contributed by atoms with van der Waals surface area (Å²) in [7, 11) is 0. The molecule has 0 saturated heterocycles. The summed E-state index contributed by atoms with van der Waals surface area (Å²) in [5.41, 5.74) is 1.88. The topological polar surface area (TPSA) is 26.3 Å². The Morgan fingerprint density at radius 3 is 2.45 bits per heavy atom. The number of benzene rings is 2. The molecule has 0 spiro atoms. The van der Waals surface area contributed by atoms with Gasteiger partial charge in [-0.25, -0.2) is 0 Å². The van der Waals surface area contributed by atoms with E-state index in [4.69, 9.17) is 4.74 Å². The van der Waals surface area contributed by atoms with Crippen molar-refractivity contribution < 1.29 is 9.53 Å². The molecule has 104 valence electrons. The van der Waals surface area contributed by atoms with Gasteiger partial charge in [-0.15, -0.1) is 0 Å². The summed E-state index contributed by atoms with van der Waals surface area (Å²) < 4.78 is 6.72. The van der Waals surface area contributed by atoms with Crippen molar-refractivity contribution in [3.8, 4) is 11.5 Å². The van der Waals surface area contributed by atoms with E-state index in [1.54, 1.807) is 13.0 Å². The van der Waals surface area contributed by atoms with Gasteiger partial charge in [-0.3, -0.25) is 4.79 Å². The van der Waals surface area contributed by atoms with Crippen LogP contribution in [0.1, 0.15) is 36.2 Å². The van der Waals surface area contributed by atoms with E-state index in [-0.39, 0.29) is 5.78 Å². The van der Waals surface area contributed by atoms with Crippen molar-refractivity contribution in [1.82, 2.24) is 0 Å². The first-order valence-electron chi connectivity index (χ1n) is 6.67. The van der Waals surface area contributed by atoms with Crippen molar-refractivity contribution in [1.29, 1.82) is 0 Å². The van der Waals surface area contributed by atoms with Gasteiger partial charge in [0.1, 0.15) is 11.5 Å². The summed E-state index contributed by atoms with van der Waals surface area (Å²) in [5, 5.41) is 0. The number of rotatable bonds is 5. The fourth-order valence-corrected chi connectivity index (χ4v) is 2.35. The highest BCUT2D eigenvalue weighted by Gasteiger charge is 2.10. The highest BCUT2D eigenvalue weighted by molar-refractivity contribution is 9.10. The second-order valence-corrected chi connectivity index (χ2v) is 5.61. The zero-order valence-corrected chi connectivity index (χ0v) is 13.2. The molecule has 2 aromatic carbocycles. The standard InChI is InChI=1S/C17H17BrO2/c1-3-4-13-5-8-15(9-6-13)20-17-11-14(18)7-10-16(17)12(2)19/h5-11H,3-4H2,1-2H3. The molecule has 0 aliphatic carbocycles. The number of hydrogen-bond donors (Lipinski definition) is 0. The van der Waals surface area contributed by atoms with E-state index >= 15 is 0 Å². The Hall–Kier alpha value is -1.61. The van der Waals surface area contributed by atoms with Crippen molar-refractivity contribution in [2.45, 2.75) is 26.7 Å². The first-order chi connectivity index (χ1) is 9.60. The average Bonchev–Trinajstić information content (AvgIpc) is 2.41. The van der Waals surface area contributed by atoms with E-state index in [9.17, 15) is 4.79 Å². The molecule has 0 heterocycles. The fraction of sp³-hybridized carbons (Fsp3) is 0.235. The van der Waals surface area contributed by atoms with Gasteiger partial charge in [-0.05, 0) is 49.2 Å². The Labute approximate surface area is 127 Å². The van der Waals surface area contributed by atoms with Gasteiger partial charge < -0.3 is 4.74 Å². The smallest absolute Gasteiger partial charge is 0.163 e. The molecular formula is C17H17BrO2. The number of halogens is 1. The number of ether oxygens (including phenoxy) is 1. The molecule has 2 nitrogen and oxygen atoms in total. The molecule has 3 heteroatoms. The van der Waals surface area contributed by atoms with Crippen LogP contribution in [0.2, 0.25) is 0 Å². The maximum Gasteiger partial charge on any atom is 0.163 e. The van der Waals surface area contributed by atoms with Crippen molar-refractivity contribution in [2.75, 3.05) is 0 Å². The molecule has 0 aromatic heterocycles. The highest BCUT2D eigenvalue weighted by atomic mass is 79.9. The summed E-state index contributed by atoms with van der Waals surface area (Å²) in [6, 6.07) is 13.4. The van der Waals surface area contributed by atoms with E-state index in [1.807, 2.05) is 24.3 Å². The van der Waals surface area contributed by atoms with Gasteiger partial charge in [0.15, 0.2) is 5.78 Å².